The van der Waals surface area contributed by atoms with Crippen molar-refractivity contribution >= 4 is 0 Å². The Balaban J connectivity index is 2.02. The van der Waals surface area contributed by atoms with Crippen LogP contribution in [0.4, 0.5) is 0 Å². The molecule has 0 saturated heterocycles. The Bertz CT molecular complexity index is 369. The zero-order valence-electron chi connectivity index (χ0n) is 12.5. The molecule has 0 aromatic heterocycles. The van der Waals surface area contributed by atoms with Gasteiger partial charge in [-0.2, -0.15) is 0 Å². The molecule has 0 bridgehead atoms. The van der Waals surface area contributed by atoms with Gasteiger partial charge in [0.15, 0.2) is 0 Å². The van der Waals surface area contributed by atoms with Gasteiger partial charge in [0.05, 0.1) is 6.10 Å². The highest BCUT2D eigenvalue weighted by Crippen LogP contribution is 2.30. The predicted molar refractivity (Wildman–Crippen MR) is 80.6 cm³/mol. The van der Waals surface area contributed by atoms with Gasteiger partial charge in [-0.25, -0.2) is 0 Å². The molecule has 19 heavy (non-hydrogen) atoms. The van der Waals surface area contributed by atoms with E-state index in [9.17, 15) is 0 Å². The van der Waals surface area contributed by atoms with Gasteiger partial charge in [0.2, 0.25) is 0 Å². The van der Waals surface area contributed by atoms with Crippen molar-refractivity contribution in [3.63, 3.8) is 0 Å². The van der Waals surface area contributed by atoms with Gasteiger partial charge in [-0.1, -0.05) is 39.3 Å². The Hall–Kier alpha value is -1.02. The SMILES string of the molecule is CCCC(C)C(NCC)c1ccc(OC2CC2)cc1. The number of rotatable bonds is 8. The molecule has 0 radical (unpaired) electrons. The van der Waals surface area contributed by atoms with Crippen molar-refractivity contribution in [1.29, 1.82) is 0 Å². The summed E-state index contributed by atoms with van der Waals surface area (Å²) in [4.78, 5) is 0. The van der Waals surface area contributed by atoms with Crippen LogP contribution in [0.25, 0.3) is 0 Å². The Morgan fingerprint density at radius 1 is 1.21 bits per heavy atom. The van der Waals surface area contributed by atoms with E-state index in [1.165, 1.54) is 31.2 Å². The van der Waals surface area contributed by atoms with Crippen molar-refractivity contribution in [3.8, 4) is 5.75 Å². The van der Waals surface area contributed by atoms with E-state index in [1.54, 1.807) is 0 Å². The van der Waals surface area contributed by atoms with Crippen molar-refractivity contribution < 1.29 is 4.74 Å². The molecule has 1 aliphatic rings. The van der Waals surface area contributed by atoms with Crippen LogP contribution < -0.4 is 10.1 Å². The van der Waals surface area contributed by atoms with Gasteiger partial charge in [0.25, 0.3) is 0 Å². The third-order valence-electron chi connectivity index (χ3n) is 3.80. The highest BCUT2D eigenvalue weighted by molar-refractivity contribution is 5.30. The van der Waals surface area contributed by atoms with Gasteiger partial charge >= 0.3 is 0 Å². The minimum absolute atomic E-state index is 0.458. The second kappa shape index (κ2) is 6.95. The lowest BCUT2D eigenvalue weighted by Gasteiger charge is -2.25. The normalized spacial score (nSPS) is 18.1. The Kier molecular flexibility index (Phi) is 5.26. The predicted octanol–water partition coefficient (Wildman–Crippen LogP) is 4.31. The highest BCUT2D eigenvalue weighted by Gasteiger charge is 2.23. The first-order chi connectivity index (χ1) is 9.24. The van der Waals surface area contributed by atoms with Crippen LogP contribution in [0.1, 0.15) is 58.1 Å². The average Bonchev–Trinajstić information content (AvgIpc) is 3.21. The van der Waals surface area contributed by atoms with Crippen molar-refractivity contribution in [2.24, 2.45) is 5.92 Å². The van der Waals surface area contributed by atoms with E-state index in [-0.39, 0.29) is 0 Å². The van der Waals surface area contributed by atoms with E-state index in [2.05, 4.69) is 50.4 Å². The van der Waals surface area contributed by atoms with Crippen LogP contribution in [0.5, 0.6) is 5.75 Å². The standard InChI is InChI=1S/C17H27NO/c1-4-6-13(3)17(18-5-2)14-7-9-15(10-8-14)19-16-11-12-16/h7-10,13,16-18H,4-6,11-12H2,1-3H3. The van der Waals surface area contributed by atoms with Gasteiger partial charge in [-0.3, -0.25) is 0 Å². The molecule has 0 amide bonds. The zero-order valence-corrected chi connectivity index (χ0v) is 12.5. The zero-order chi connectivity index (χ0) is 13.7. The van der Waals surface area contributed by atoms with Crippen LogP contribution in [0, 0.1) is 5.92 Å². The molecule has 0 heterocycles. The highest BCUT2D eigenvalue weighted by atomic mass is 16.5. The summed E-state index contributed by atoms with van der Waals surface area (Å²) in [5.41, 5.74) is 1.38. The smallest absolute Gasteiger partial charge is 0.119 e. The number of nitrogens with one attached hydrogen (secondary N) is 1. The average molecular weight is 261 g/mol. The summed E-state index contributed by atoms with van der Waals surface area (Å²) in [6, 6.07) is 9.14. The summed E-state index contributed by atoms with van der Waals surface area (Å²) in [7, 11) is 0. The fourth-order valence-electron chi connectivity index (χ4n) is 2.62. The molecule has 1 saturated carbocycles. The first kappa shape index (κ1) is 14.4. The molecule has 0 spiro atoms. The summed E-state index contributed by atoms with van der Waals surface area (Å²) >= 11 is 0. The van der Waals surface area contributed by atoms with E-state index >= 15 is 0 Å². The molecule has 1 aliphatic carbocycles. The van der Waals surface area contributed by atoms with Crippen molar-refractivity contribution in [2.75, 3.05) is 6.54 Å². The molecule has 2 unspecified atom stereocenters. The third-order valence-corrected chi connectivity index (χ3v) is 3.80. The minimum Gasteiger partial charge on any atom is -0.490 e. The maximum atomic E-state index is 5.81. The molecule has 2 heteroatoms. The van der Waals surface area contributed by atoms with Crippen molar-refractivity contribution in [3.05, 3.63) is 29.8 Å². The fourth-order valence-corrected chi connectivity index (χ4v) is 2.62. The van der Waals surface area contributed by atoms with E-state index < -0.39 is 0 Å². The third kappa shape index (κ3) is 4.24. The lowest BCUT2D eigenvalue weighted by atomic mass is 9.91. The molecule has 2 nitrogen and oxygen atoms in total. The van der Waals surface area contributed by atoms with E-state index in [0.717, 1.165) is 12.3 Å². The van der Waals surface area contributed by atoms with Crippen LogP contribution in [0.2, 0.25) is 0 Å². The summed E-state index contributed by atoms with van der Waals surface area (Å²) in [5.74, 6) is 1.68. The Labute approximate surface area is 117 Å². The molecule has 2 rings (SSSR count). The van der Waals surface area contributed by atoms with Crippen LogP contribution in [0.15, 0.2) is 24.3 Å². The number of hydrogen-bond donors (Lipinski definition) is 1. The van der Waals surface area contributed by atoms with E-state index in [4.69, 9.17) is 4.74 Å². The monoisotopic (exact) mass is 261 g/mol. The maximum absolute atomic E-state index is 5.81. The van der Waals surface area contributed by atoms with Gasteiger partial charge in [-0.05, 0) is 49.4 Å². The van der Waals surface area contributed by atoms with Gasteiger partial charge in [0.1, 0.15) is 5.75 Å². The topological polar surface area (TPSA) is 21.3 Å². The van der Waals surface area contributed by atoms with E-state index in [0.29, 0.717) is 18.1 Å². The van der Waals surface area contributed by atoms with Gasteiger partial charge < -0.3 is 10.1 Å². The number of benzene rings is 1. The molecule has 0 aliphatic heterocycles. The molecular formula is C17H27NO. The molecule has 106 valence electrons. The van der Waals surface area contributed by atoms with Gasteiger partial charge in [-0.15, -0.1) is 0 Å². The molecule has 1 aromatic rings. The quantitative estimate of drug-likeness (QED) is 0.752. The first-order valence-electron chi connectivity index (χ1n) is 7.74. The Morgan fingerprint density at radius 2 is 1.89 bits per heavy atom. The molecular weight excluding hydrogens is 234 g/mol. The van der Waals surface area contributed by atoms with Crippen molar-refractivity contribution in [1.82, 2.24) is 5.32 Å². The fraction of sp³-hybridized carbons (Fsp3) is 0.647. The van der Waals surface area contributed by atoms with Crippen LogP contribution in [0.3, 0.4) is 0 Å². The lowest BCUT2D eigenvalue weighted by molar-refractivity contribution is 0.302. The summed E-state index contributed by atoms with van der Waals surface area (Å²) in [6.07, 6.45) is 5.42. The molecule has 1 fully saturated rings. The van der Waals surface area contributed by atoms with Crippen LogP contribution in [-0.4, -0.2) is 12.6 Å². The minimum atomic E-state index is 0.458. The second-order valence-corrected chi connectivity index (χ2v) is 5.69. The summed E-state index contributed by atoms with van der Waals surface area (Å²) < 4.78 is 5.81. The second-order valence-electron chi connectivity index (χ2n) is 5.69. The first-order valence-corrected chi connectivity index (χ1v) is 7.74. The Morgan fingerprint density at radius 3 is 2.42 bits per heavy atom. The maximum Gasteiger partial charge on any atom is 0.119 e. The molecule has 2 atom stereocenters. The van der Waals surface area contributed by atoms with Gasteiger partial charge in [0, 0.05) is 6.04 Å². The lowest BCUT2D eigenvalue weighted by Crippen LogP contribution is -2.26. The molecule has 1 aromatic carbocycles. The van der Waals surface area contributed by atoms with Crippen LogP contribution >= 0.6 is 0 Å². The largest absolute Gasteiger partial charge is 0.490 e. The molecule has 1 N–H and O–H groups in total. The van der Waals surface area contributed by atoms with Crippen LogP contribution in [-0.2, 0) is 0 Å². The summed E-state index contributed by atoms with van der Waals surface area (Å²) in [5, 5.41) is 3.62. The summed E-state index contributed by atoms with van der Waals surface area (Å²) in [6.45, 7) is 7.78. The van der Waals surface area contributed by atoms with Crippen molar-refractivity contribution in [2.45, 2.75) is 58.6 Å². The van der Waals surface area contributed by atoms with E-state index in [1.807, 2.05) is 0 Å². The number of ether oxygens (including phenoxy) is 1. The number of hydrogen-bond acceptors (Lipinski definition) is 2.